The number of hydrogen-bond donors (Lipinski definition) is 1. The first-order valence-electron chi connectivity index (χ1n) is 7.68. The van der Waals surface area contributed by atoms with E-state index >= 15 is 0 Å². The minimum Gasteiger partial charge on any atom is -0.361 e. The monoisotopic (exact) mass is 322 g/mol. The summed E-state index contributed by atoms with van der Waals surface area (Å²) in [5.74, 6) is 0.599. The summed E-state index contributed by atoms with van der Waals surface area (Å²) in [5.41, 5.74) is 2.25. The van der Waals surface area contributed by atoms with E-state index in [0.717, 1.165) is 17.6 Å². The van der Waals surface area contributed by atoms with E-state index in [9.17, 15) is 4.79 Å². The van der Waals surface area contributed by atoms with Crippen LogP contribution >= 0.6 is 0 Å². The Balaban J connectivity index is 1.52. The first-order valence-corrected chi connectivity index (χ1v) is 7.68. The summed E-state index contributed by atoms with van der Waals surface area (Å²) in [6, 6.07) is 9.39. The van der Waals surface area contributed by atoms with E-state index in [-0.39, 0.29) is 12.5 Å². The standard InChI is InChI=1S/C17H18N6O/c1-23(11-7-13-4-2-3-8-18-13)16(24)12-21-15-6-5-14-17(22-15)20-10-9-19-14/h2-6,8-10H,7,11-12H2,1H3,(H,20,21,22). The van der Waals surface area contributed by atoms with E-state index in [1.807, 2.05) is 24.3 Å². The molecule has 7 heteroatoms. The third kappa shape index (κ3) is 4.01. The zero-order valence-electron chi connectivity index (χ0n) is 13.4. The van der Waals surface area contributed by atoms with Crippen molar-refractivity contribution in [2.45, 2.75) is 6.42 Å². The summed E-state index contributed by atoms with van der Waals surface area (Å²) in [4.78, 5) is 30.8. The van der Waals surface area contributed by atoms with Crippen LogP contribution in [0.5, 0.6) is 0 Å². The number of fused-ring (bicyclic) bond motifs is 1. The third-order valence-corrected chi connectivity index (χ3v) is 3.61. The molecule has 0 aliphatic heterocycles. The lowest BCUT2D eigenvalue weighted by Gasteiger charge is -2.17. The molecule has 0 aromatic carbocycles. The predicted octanol–water partition coefficient (Wildman–Crippen LogP) is 1.53. The van der Waals surface area contributed by atoms with Gasteiger partial charge in [0.15, 0.2) is 5.65 Å². The van der Waals surface area contributed by atoms with Gasteiger partial charge in [0.05, 0.1) is 6.54 Å². The van der Waals surface area contributed by atoms with Crippen molar-refractivity contribution in [2.75, 3.05) is 25.5 Å². The summed E-state index contributed by atoms with van der Waals surface area (Å²) in [6.07, 6.45) is 5.70. The number of pyridine rings is 2. The van der Waals surface area contributed by atoms with Gasteiger partial charge in [-0.25, -0.2) is 9.97 Å². The van der Waals surface area contributed by atoms with Gasteiger partial charge in [0, 0.05) is 44.3 Å². The molecule has 3 aromatic rings. The maximum Gasteiger partial charge on any atom is 0.241 e. The molecule has 0 spiro atoms. The van der Waals surface area contributed by atoms with Crippen LogP contribution in [0.4, 0.5) is 5.82 Å². The van der Waals surface area contributed by atoms with E-state index in [1.54, 1.807) is 36.6 Å². The molecule has 1 N–H and O–H groups in total. The van der Waals surface area contributed by atoms with Crippen LogP contribution in [0.15, 0.2) is 48.9 Å². The highest BCUT2D eigenvalue weighted by molar-refractivity contribution is 5.81. The summed E-state index contributed by atoms with van der Waals surface area (Å²) >= 11 is 0. The molecule has 3 rings (SSSR count). The minimum atomic E-state index is -0.00743. The average Bonchev–Trinajstić information content (AvgIpc) is 2.64. The smallest absolute Gasteiger partial charge is 0.241 e. The maximum absolute atomic E-state index is 12.2. The van der Waals surface area contributed by atoms with Crippen LogP contribution < -0.4 is 5.32 Å². The molecule has 0 bridgehead atoms. The van der Waals surface area contributed by atoms with Gasteiger partial charge in [-0.3, -0.25) is 14.8 Å². The Morgan fingerprint density at radius 1 is 1.08 bits per heavy atom. The topological polar surface area (TPSA) is 83.9 Å². The SMILES string of the molecule is CN(CCc1ccccn1)C(=O)CNc1ccc2nccnc2n1. The molecule has 0 atom stereocenters. The number of hydrogen-bond acceptors (Lipinski definition) is 6. The molecule has 0 unspecified atom stereocenters. The highest BCUT2D eigenvalue weighted by atomic mass is 16.2. The molecule has 24 heavy (non-hydrogen) atoms. The van der Waals surface area contributed by atoms with Crippen molar-refractivity contribution >= 4 is 22.9 Å². The highest BCUT2D eigenvalue weighted by Crippen LogP contribution is 2.09. The Morgan fingerprint density at radius 2 is 1.96 bits per heavy atom. The fourth-order valence-corrected chi connectivity index (χ4v) is 2.21. The molecule has 3 aromatic heterocycles. The van der Waals surface area contributed by atoms with Gasteiger partial charge in [-0.2, -0.15) is 0 Å². The molecule has 122 valence electrons. The summed E-state index contributed by atoms with van der Waals surface area (Å²) in [5, 5.41) is 3.03. The number of amides is 1. The van der Waals surface area contributed by atoms with Crippen molar-refractivity contribution in [3.8, 4) is 0 Å². The number of anilines is 1. The van der Waals surface area contributed by atoms with Crippen LogP contribution in [0.3, 0.4) is 0 Å². The van der Waals surface area contributed by atoms with Crippen molar-refractivity contribution in [3.63, 3.8) is 0 Å². The molecule has 0 aliphatic rings. The lowest BCUT2D eigenvalue weighted by Crippen LogP contribution is -2.34. The van der Waals surface area contributed by atoms with Crippen LogP contribution in [0, 0.1) is 0 Å². The molecule has 3 heterocycles. The lowest BCUT2D eigenvalue weighted by molar-refractivity contribution is -0.128. The third-order valence-electron chi connectivity index (χ3n) is 3.61. The molecular formula is C17H18N6O. The van der Waals surface area contributed by atoms with Crippen LogP contribution in [0.25, 0.3) is 11.2 Å². The molecular weight excluding hydrogens is 304 g/mol. The Kier molecular flexibility index (Phi) is 4.90. The van der Waals surface area contributed by atoms with Gasteiger partial charge in [0.1, 0.15) is 11.3 Å². The van der Waals surface area contributed by atoms with E-state index < -0.39 is 0 Å². The van der Waals surface area contributed by atoms with Gasteiger partial charge in [0.25, 0.3) is 0 Å². The first-order chi connectivity index (χ1) is 11.7. The second-order valence-corrected chi connectivity index (χ2v) is 5.34. The molecule has 0 fully saturated rings. The first kappa shape index (κ1) is 15.8. The van der Waals surface area contributed by atoms with Crippen LogP contribution in [0.2, 0.25) is 0 Å². The number of nitrogens with zero attached hydrogens (tertiary/aromatic N) is 5. The number of carbonyl (C=O) groups excluding carboxylic acids is 1. The Morgan fingerprint density at radius 3 is 2.79 bits per heavy atom. The van der Waals surface area contributed by atoms with E-state index in [1.165, 1.54) is 0 Å². The van der Waals surface area contributed by atoms with Gasteiger partial charge in [-0.05, 0) is 24.3 Å². The van der Waals surface area contributed by atoms with E-state index in [0.29, 0.717) is 18.0 Å². The maximum atomic E-state index is 12.2. The molecule has 0 saturated heterocycles. The number of aromatic nitrogens is 4. The summed E-state index contributed by atoms with van der Waals surface area (Å²) in [7, 11) is 1.78. The fourth-order valence-electron chi connectivity index (χ4n) is 2.21. The molecule has 1 amide bonds. The lowest BCUT2D eigenvalue weighted by atomic mass is 10.2. The second-order valence-electron chi connectivity index (χ2n) is 5.34. The number of nitrogens with one attached hydrogen (secondary N) is 1. The van der Waals surface area contributed by atoms with Crippen molar-refractivity contribution in [1.29, 1.82) is 0 Å². The van der Waals surface area contributed by atoms with Gasteiger partial charge in [-0.1, -0.05) is 6.07 Å². The molecule has 0 radical (unpaired) electrons. The number of likely N-dealkylation sites (N-methyl/N-ethyl adjacent to an activating group) is 1. The van der Waals surface area contributed by atoms with E-state index in [2.05, 4.69) is 25.3 Å². The highest BCUT2D eigenvalue weighted by Gasteiger charge is 2.09. The summed E-state index contributed by atoms with van der Waals surface area (Å²) in [6.45, 7) is 0.797. The van der Waals surface area contributed by atoms with Crippen molar-refractivity contribution in [2.24, 2.45) is 0 Å². The Hall–Kier alpha value is -3.09. The van der Waals surface area contributed by atoms with Crippen LogP contribution in [-0.4, -0.2) is 50.9 Å². The Bertz CT molecular complexity index is 823. The van der Waals surface area contributed by atoms with Crippen LogP contribution in [0.1, 0.15) is 5.69 Å². The molecule has 0 saturated carbocycles. The second kappa shape index (κ2) is 7.45. The Labute approximate surface area is 139 Å². The minimum absolute atomic E-state index is 0.00743. The predicted molar refractivity (Wildman–Crippen MR) is 91.4 cm³/mol. The number of carbonyl (C=O) groups is 1. The van der Waals surface area contributed by atoms with Gasteiger partial charge >= 0.3 is 0 Å². The quantitative estimate of drug-likeness (QED) is 0.741. The fraction of sp³-hybridized carbons (Fsp3) is 0.235. The van der Waals surface area contributed by atoms with Crippen molar-refractivity contribution in [1.82, 2.24) is 24.8 Å². The van der Waals surface area contributed by atoms with Gasteiger partial charge < -0.3 is 10.2 Å². The van der Waals surface area contributed by atoms with E-state index in [4.69, 9.17) is 0 Å². The average molecular weight is 322 g/mol. The van der Waals surface area contributed by atoms with Crippen LogP contribution in [-0.2, 0) is 11.2 Å². The largest absolute Gasteiger partial charge is 0.361 e. The normalized spacial score (nSPS) is 10.5. The number of rotatable bonds is 6. The molecule has 7 nitrogen and oxygen atoms in total. The zero-order valence-corrected chi connectivity index (χ0v) is 13.4. The van der Waals surface area contributed by atoms with Gasteiger partial charge in [-0.15, -0.1) is 0 Å². The van der Waals surface area contributed by atoms with Crippen molar-refractivity contribution in [3.05, 3.63) is 54.6 Å². The van der Waals surface area contributed by atoms with Crippen molar-refractivity contribution < 1.29 is 4.79 Å². The molecule has 0 aliphatic carbocycles. The zero-order chi connectivity index (χ0) is 16.8. The van der Waals surface area contributed by atoms with Gasteiger partial charge in [0.2, 0.25) is 5.91 Å². The summed E-state index contributed by atoms with van der Waals surface area (Å²) < 4.78 is 0.